The highest BCUT2D eigenvalue weighted by molar-refractivity contribution is 5.96. The monoisotopic (exact) mass is 280 g/mol. The minimum absolute atomic E-state index is 0.000697. The number of nitrogens with one attached hydrogen (secondary N) is 1. The maximum atomic E-state index is 12.6. The Morgan fingerprint density at radius 2 is 1.90 bits per heavy atom. The Morgan fingerprint density at radius 1 is 1.14 bits per heavy atom. The van der Waals surface area contributed by atoms with Gasteiger partial charge in [-0.1, -0.05) is 42.5 Å². The molecule has 0 aliphatic heterocycles. The summed E-state index contributed by atoms with van der Waals surface area (Å²) in [4.78, 5) is 12.6. The van der Waals surface area contributed by atoms with Gasteiger partial charge in [-0.15, -0.1) is 0 Å². The summed E-state index contributed by atoms with van der Waals surface area (Å²) >= 11 is 0. The third kappa shape index (κ3) is 2.83. The fourth-order valence-corrected chi connectivity index (χ4v) is 3.06. The van der Waals surface area contributed by atoms with Crippen molar-refractivity contribution in [1.82, 2.24) is 5.32 Å². The molecule has 1 aliphatic carbocycles. The van der Waals surface area contributed by atoms with Crippen molar-refractivity contribution < 1.29 is 4.79 Å². The van der Waals surface area contributed by atoms with Crippen LogP contribution in [0.4, 0.5) is 0 Å². The van der Waals surface area contributed by atoms with Crippen LogP contribution in [0, 0.1) is 0 Å². The first-order chi connectivity index (χ1) is 10.3. The molecule has 1 unspecified atom stereocenters. The molecule has 0 spiro atoms. The maximum Gasteiger partial charge on any atom is 0.252 e. The summed E-state index contributed by atoms with van der Waals surface area (Å²) in [6, 6.07) is 16.2. The van der Waals surface area contributed by atoms with Crippen LogP contribution >= 0.6 is 0 Å². The number of fused-ring (bicyclic) bond motifs is 1. The van der Waals surface area contributed by atoms with Crippen molar-refractivity contribution in [2.75, 3.05) is 6.54 Å². The van der Waals surface area contributed by atoms with Crippen LogP contribution in [0.25, 0.3) is 0 Å². The normalized spacial score (nSPS) is 16.5. The number of hydrogen-bond donors (Lipinski definition) is 2. The van der Waals surface area contributed by atoms with Gasteiger partial charge in [0, 0.05) is 5.56 Å². The molecule has 0 heterocycles. The second kappa shape index (κ2) is 6.10. The first kappa shape index (κ1) is 13.8. The summed E-state index contributed by atoms with van der Waals surface area (Å²) in [6.45, 7) is 0.552. The fourth-order valence-electron chi connectivity index (χ4n) is 3.06. The van der Waals surface area contributed by atoms with Gasteiger partial charge in [-0.05, 0) is 48.6 Å². The van der Waals surface area contributed by atoms with Gasteiger partial charge in [0.25, 0.3) is 5.91 Å². The van der Waals surface area contributed by atoms with Crippen LogP contribution in [-0.2, 0) is 12.8 Å². The van der Waals surface area contributed by atoms with E-state index in [0.717, 1.165) is 30.4 Å². The highest BCUT2D eigenvalue weighted by atomic mass is 16.1. The second-order valence-electron chi connectivity index (χ2n) is 5.46. The molecule has 0 fully saturated rings. The number of carbonyl (C=O) groups excluding carboxylic acids is 1. The Bertz CT molecular complexity index is 651. The van der Waals surface area contributed by atoms with Gasteiger partial charge in [-0.25, -0.2) is 0 Å². The summed E-state index contributed by atoms with van der Waals surface area (Å²) in [5.41, 5.74) is 9.98. The van der Waals surface area contributed by atoms with Gasteiger partial charge in [0.15, 0.2) is 0 Å². The van der Waals surface area contributed by atoms with E-state index < -0.39 is 0 Å². The molecule has 2 aromatic carbocycles. The third-order valence-electron chi connectivity index (χ3n) is 4.11. The molecule has 0 aromatic heterocycles. The fraction of sp³-hybridized carbons (Fsp3) is 0.278. The van der Waals surface area contributed by atoms with Gasteiger partial charge in [-0.2, -0.15) is 0 Å². The highest BCUT2D eigenvalue weighted by Crippen LogP contribution is 2.31. The van der Waals surface area contributed by atoms with E-state index in [1.807, 2.05) is 30.3 Å². The topological polar surface area (TPSA) is 55.1 Å². The van der Waals surface area contributed by atoms with E-state index in [2.05, 4.69) is 23.5 Å². The van der Waals surface area contributed by atoms with Gasteiger partial charge >= 0.3 is 0 Å². The summed E-state index contributed by atoms with van der Waals surface area (Å²) < 4.78 is 0. The molecule has 3 N–H and O–H groups in total. The molecular formula is C18H20N2O. The molecule has 3 nitrogen and oxygen atoms in total. The second-order valence-corrected chi connectivity index (χ2v) is 5.46. The molecule has 1 atom stereocenters. The van der Waals surface area contributed by atoms with Crippen LogP contribution in [0.15, 0.2) is 48.5 Å². The summed E-state index contributed by atoms with van der Waals surface area (Å²) in [7, 11) is 0. The number of aryl methyl sites for hydroxylation is 1. The molecule has 3 rings (SSSR count). The smallest absolute Gasteiger partial charge is 0.252 e. The van der Waals surface area contributed by atoms with E-state index >= 15 is 0 Å². The van der Waals surface area contributed by atoms with E-state index in [9.17, 15) is 4.79 Å². The van der Waals surface area contributed by atoms with Crippen molar-refractivity contribution in [3.05, 3.63) is 70.8 Å². The maximum absolute atomic E-state index is 12.6. The molecule has 108 valence electrons. The summed E-state index contributed by atoms with van der Waals surface area (Å²) in [6.07, 6.45) is 2.74. The number of carbonyl (C=O) groups is 1. The van der Waals surface area contributed by atoms with Gasteiger partial charge in [0.1, 0.15) is 0 Å². The Hall–Kier alpha value is -2.13. The lowest BCUT2D eigenvalue weighted by molar-refractivity contribution is 0.0936. The Morgan fingerprint density at radius 3 is 2.76 bits per heavy atom. The van der Waals surface area contributed by atoms with Crippen LogP contribution in [0.5, 0.6) is 0 Å². The van der Waals surface area contributed by atoms with Gasteiger partial charge < -0.3 is 11.1 Å². The zero-order chi connectivity index (χ0) is 14.7. The highest BCUT2D eigenvalue weighted by Gasteiger charge is 2.24. The van der Waals surface area contributed by atoms with Gasteiger partial charge in [-0.3, -0.25) is 4.79 Å². The van der Waals surface area contributed by atoms with Crippen molar-refractivity contribution in [1.29, 1.82) is 0 Å². The lowest BCUT2D eigenvalue weighted by Gasteiger charge is -2.16. The minimum atomic E-state index is 0.000697. The first-order valence-electron chi connectivity index (χ1n) is 7.46. The van der Waals surface area contributed by atoms with Gasteiger partial charge in [0.2, 0.25) is 0 Å². The van der Waals surface area contributed by atoms with Crippen molar-refractivity contribution in [2.24, 2.45) is 5.73 Å². The lowest BCUT2D eigenvalue weighted by atomic mass is 10.0. The number of hydrogen-bond acceptors (Lipinski definition) is 2. The molecule has 0 saturated carbocycles. The first-order valence-corrected chi connectivity index (χ1v) is 7.46. The van der Waals surface area contributed by atoms with Crippen molar-refractivity contribution >= 4 is 5.91 Å². The van der Waals surface area contributed by atoms with Crippen molar-refractivity contribution in [3.63, 3.8) is 0 Å². The van der Waals surface area contributed by atoms with E-state index in [1.54, 1.807) is 0 Å². The Balaban J connectivity index is 1.79. The van der Waals surface area contributed by atoms with Crippen LogP contribution in [0.1, 0.15) is 39.5 Å². The molecule has 21 heavy (non-hydrogen) atoms. The van der Waals surface area contributed by atoms with Crippen molar-refractivity contribution in [2.45, 2.75) is 25.3 Å². The van der Waals surface area contributed by atoms with Crippen LogP contribution in [-0.4, -0.2) is 12.5 Å². The van der Waals surface area contributed by atoms with Gasteiger partial charge in [0.05, 0.1) is 6.04 Å². The van der Waals surface area contributed by atoms with Crippen molar-refractivity contribution in [3.8, 4) is 0 Å². The van der Waals surface area contributed by atoms with E-state index in [4.69, 9.17) is 5.73 Å². The summed E-state index contributed by atoms with van der Waals surface area (Å²) in [5, 5.41) is 3.17. The predicted molar refractivity (Wildman–Crippen MR) is 84.2 cm³/mol. The molecular weight excluding hydrogens is 260 g/mol. The molecule has 0 radical (unpaired) electrons. The number of benzene rings is 2. The number of rotatable bonds is 4. The summed E-state index contributed by atoms with van der Waals surface area (Å²) in [5.74, 6) is 0.000697. The van der Waals surface area contributed by atoms with Crippen LogP contribution in [0.2, 0.25) is 0 Å². The van der Waals surface area contributed by atoms with E-state index in [-0.39, 0.29) is 11.9 Å². The molecule has 2 aromatic rings. The van der Waals surface area contributed by atoms with E-state index in [1.165, 1.54) is 11.1 Å². The van der Waals surface area contributed by atoms with Crippen LogP contribution < -0.4 is 11.1 Å². The Kier molecular flexibility index (Phi) is 4.02. The van der Waals surface area contributed by atoms with E-state index in [0.29, 0.717) is 6.54 Å². The average molecular weight is 280 g/mol. The quantitative estimate of drug-likeness (QED) is 0.904. The standard InChI is InChI=1S/C18H20N2O/c19-12-11-14-6-2-4-8-16(14)18(21)20-17-10-9-13-5-1-3-7-15(13)17/h1-8,17H,9-12,19H2,(H,20,21). The molecule has 0 saturated heterocycles. The molecule has 1 amide bonds. The predicted octanol–water partition coefficient (Wildman–Crippen LogP) is 2.61. The zero-order valence-electron chi connectivity index (χ0n) is 12.0. The largest absolute Gasteiger partial charge is 0.345 e. The molecule has 3 heteroatoms. The van der Waals surface area contributed by atoms with Crippen LogP contribution in [0.3, 0.4) is 0 Å². The number of amides is 1. The lowest BCUT2D eigenvalue weighted by Crippen LogP contribution is -2.28. The average Bonchev–Trinajstić information content (AvgIpc) is 2.91. The SMILES string of the molecule is NCCc1ccccc1C(=O)NC1CCc2ccccc21. The molecule has 1 aliphatic rings. The zero-order valence-corrected chi connectivity index (χ0v) is 12.0. The third-order valence-corrected chi connectivity index (χ3v) is 4.11. The molecule has 0 bridgehead atoms. The number of nitrogens with two attached hydrogens (primary N) is 1. The Labute approximate surface area is 125 Å². The minimum Gasteiger partial charge on any atom is -0.345 e.